The molecular formula is C25H33O4. The molecule has 1 atom stereocenters. The lowest BCUT2D eigenvalue weighted by molar-refractivity contribution is -0.138. The van der Waals surface area contributed by atoms with Gasteiger partial charge in [0, 0.05) is 6.08 Å². The van der Waals surface area contributed by atoms with Gasteiger partial charge in [0.05, 0.1) is 0 Å². The van der Waals surface area contributed by atoms with Gasteiger partial charge in [-0.1, -0.05) is 65.8 Å². The summed E-state index contributed by atoms with van der Waals surface area (Å²) in [6.45, 7) is 13.0. The summed E-state index contributed by atoms with van der Waals surface area (Å²) >= 11 is 0. The van der Waals surface area contributed by atoms with Crippen molar-refractivity contribution in [2.75, 3.05) is 13.2 Å². The van der Waals surface area contributed by atoms with Gasteiger partial charge < -0.3 is 14.6 Å². The van der Waals surface area contributed by atoms with Crippen LogP contribution in [0.4, 0.5) is 0 Å². The highest BCUT2D eigenvalue weighted by atomic mass is 16.6. The van der Waals surface area contributed by atoms with Crippen molar-refractivity contribution >= 4 is 5.97 Å². The fraction of sp³-hybridized carbons (Fsp3) is 0.480. The summed E-state index contributed by atoms with van der Waals surface area (Å²) in [7, 11) is 0. The summed E-state index contributed by atoms with van der Waals surface area (Å²) in [6.07, 6.45) is 6.08. The number of benzene rings is 1. The van der Waals surface area contributed by atoms with Crippen LogP contribution in [0.15, 0.2) is 59.4 Å². The first-order chi connectivity index (χ1) is 13.5. The molecule has 29 heavy (non-hydrogen) atoms. The molecule has 0 aromatic heterocycles. The third-order valence-electron chi connectivity index (χ3n) is 4.84. The van der Waals surface area contributed by atoms with Crippen molar-refractivity contribution in [3.05, 3.63) is 65.5 Å². The van der Waals surface area contributed by atoms with E-state index in [9.17, 15) is 9.90 Å². The number of allylic oxidation sites excluding steroid dienone is 4. The molecule has 0 bridgehead atoms. The highest BCUT2D eigenvalue weighted by Crippen LogP contribution is 2.44. The number of carbonyl (C=O) groups is 1. The van der Waals surface area contributed by atoms with Crippen LogP contribution in [-0.2, 0) is 9.53 Å². The smallest absolute Gasteiger partial charge is 0.330 e. The average molecular weight is 398 g/mol. The third kappa shape index (κ3) is 6.81. The Morgan fingerprint density at radius 3 is 2.38 bits per heavy atom. The predicted molar refractivity (Wildman–Crippen MR) is 116 cm³/mol. The van der Waals surface area contributed by atoms with E-state index in [-0.39, 0.29) is 23.4 Å². The van der Waals surface area contributed by atoms with Gasteiger partial charge in [0.25, 0.3) is 0 Å². The monoisotopic (exact) mass is 397 g/mol. The fourth-order valence-electron chi connectivity index (χ4n) is 3.26. The molecule has 0 spiro atoms. The number of hydrogen-bond donors (Lipinski definition) is 1. The van der Waals surface area contributed by atoms with Crippen molar-refractivity contribution < 1.29 is 19.4 Å². The Balaban J connectivity index is 1.96. The lowest BCUT2D eigenvalue weighted by atomic mass is 9.71. The molecule has 1 N–H and O–H groups in total. The molecule has 1 aromatic rings. The number of rotatable bonds is 6. The third-order valence-corrected chi connectivity index (χ3v) is 4.84. The molecule has 4 heteroatoms. The molecule has 0 saturated carbocycles. The van der Waals surface area contributed by atoms with Crippen molar-refractivity contribution in [3.63, 3.8) is 0 Å². The van der Waals surface area contributed by atoms with Crippen molar-refractivity contribution in [1.29, 1.82) is 0 Å². The summed E-state index contributed by atoms with van der Waals surface area (Å²) < 4.78 is 10.7. The van der Waals surface area contributed by atoms with E-state index in [1.54, 1.807) is 24.3 Å². The maximum atomic E-state index is 12.1. The van der Waals surface area contributed by atoms with Gasteiger partial charge in [0.1, 0.15) is 24.7 Å². The minimum absolute atomic E-state index is 0.0405. The highest BCUT2D eigenvalue weighted by molar-refractivity contribution is 5.82. The van der Waals surface area contributed by atoms with Gasteiger partial charge >= 0.3 is 5.97 Å². The lowest BCUT2D eigenvalue weighted by Crippen LogP contribution is -2.24. The largest absolute Gasteiger partial charge is 0.508 e. The van der Waals surface area contributed by atoms with E-state index in [4.69, 9.17) is 9.47 Å². The summed E-state index contributed by atoms with van der Waals surface area (Å²) in [5.41, 5.74) is 1.61. The zero-order valence-electron chi connectivity index (χ0n) is 18.4. The molecule has 1 aliphatic carbocycles. The molecule has 0 aliphatic heterocycles. The number of carbonyl (C=O) groups excluding carboxylic acids is 1. The van der Waals surface area contributed by atoms with Gasteiger partial charge in [-0.2, -0.15) is 0 Å². The highest BCUT2D eigenvalue weighted by Gasteiger charge is 2.32. The van der Waals surface area contributed by atoms with Crippen LogP contribution < -0.4 is 4.74 Å². The van der Waals surface area contributed by atoms with Crippen LogP contribution in [-0.4, -0.2) is 24.3 Å². The van der Waals surface area contributed by atoms with Gasteiger partial charge in [-0.3, -0.25) is 0 Å². The van der Waals surface area contributed by atoms with E-state index in [0.717, 1.165) is 16.9 Å². The van der Waals surface area contributed by atoms with Crippen molar-refractivity contribution in [3.8, 4) is 5.75 Å². The zero-order chi connectivity index (χ0) is 21.7. The molecular weight excluding hydrogens is 364 g/mol. The number of aliphatic hydroxyl groups excluding tert-OH is 1. The quantitative estimate of drug-likeness (QED) is 0.373. The number of hydrogen-bond acceptors (Lipinski definition) is 4. The zero-order valence-corrected chi connectivity index (χ0v) is 18.4. The van der Waals surface area contributed by atoms with E-state index >= 15 is 0 Å². The Labute approximate surface area is 174 Å². The topological polar surface area (TPSA) is 55.8 Å². The Morgan fingerprint density at radius 2 is 1.79 bits per heavy atom. The minimum atomic E-state index is -0.392. The summed E-state index contributed by atoms with van der Waals surface area (Å²) in [5.74, 6) is 0.766. The van der Waals surface area contributed by atoms with Crippen molar-refractivity contribution in [1.82, 2.24) is 0 Å². The normalized spacial score (nSPS) is 18.0. The molecule has 1 radical (unpaired) electrons. The molecule has 1 aromatic carbocycles. The van der Waals surface area contributed by atoms with Crippen LogP contribution in [0.2, 0.25) is 0 Å². The van der Waals surface area contributed by atoms with Gasteiger partial charge in [-0.05, 0) is 52.5 Å². The van der Waals surface area contributed by atoms with Gasteiger partial charge in [0.15, 0.2) is 0 Å². The molecule has 1 aliphatic rings. The van der Waals surface area contributed by atoms with E-state index < -0.39 is 5.97 Å². The molecule has 0 saturated heterocycles. The number of aliphatic hydroxyl groups is 1. The number of esters is 1. The van der Waals surface area contributed by atoms with Crippen LogP contribution in [0.3, 0.4) is 0 Å². The van der Waals surface area contributed by atoms with E-state index in [2.05, 4.69) is 53.7 Å². The van der Waals surface area contributed by atoms with Gasteiger partial charge in [-0.15, -0.1) is 0 Å². The first-order valence-electron chi connectivity index (χ1n) is 10.1. The van der Waals surface area contributed by atoms with Crippen LogP contribution in [0, 0.1) is 22.8 Å². The van der Waals surface area contributed by atoms with Crippen LogP contribution in [0.5, 0.6) is 5.75 Å². The Morgan fingerprint density at radius 1 is 1.14 bits per heavy atom. The van der Waals surface area contributed by atoms with E-state index in [1.807, 2.05) is 6.08 Å². The SMILES string of the molecule is CC(C)(C)C1=CC(C=CC(=O)OCCOc2cc[c]cc2)CC(C(C)(C)C)=C1O. The first-order valence-corrected chi connectivity index (χ1v) is 10.1. The summed E-state index contributed by atoms with van der Waals surface area (Å²) in [5, 5.41) is 10.8. The Kier molecular flexibility index (Phi) is 7.34. The molecule has 1 unspecified atom stereocenters. The van der Waals surface area contributed by atoms with Crippen LogP contribution in [0.25, 0.3) is 0 Å². The van der Waals surface area contributed by atoms with Crippen molar-refractivity contribution in [2.24, 2.45) is 16.7 Å². The van der Waals surface area contributed by atoms with Crippen LogP contribution >= 0.6 is 0 Å². The molecule has 0 fully saturated rings. The second-order valence-electron chi connectivity index (χ2n) is 9.39. The second-order valence-corrected chi connectivity index (χ2v) is 9.39. The standard InChI is InChI=1S/C25H33O4/c1-24(2,3)20-16-18(17-21(23(20)27)25(4,5)6)12-13-22(26)29-15-14-28-19-10-8-7-9-11-19/h8-13,16,18,27H,14-15,17H2,1-6H3. The van der Waals surface area contributed by atoms with E-state index in [1.165, 1.54) is 6.08 Å². The molecule has 0 amide bonds. The average Bonchev–Trinajstić information content (AvgIpc) is 2.63. The van der Waals surface area contributed by atoms with Crippen LogP contribution in [0.1, 0.15) is 48.0 Å². The van der Waals surface area contributed by atoms with Gasteiger partial charge in [-0.25, -0.2) is 4.79 Å². The molecule has 157 valence electrons. The second kappa shape index (κ2) is 9.34. The maximum Gasteiger partial charge on any atom is 0.330 e. The summed E-state index contributed by atoms with van der Waals surface area (Å²) in [6, 6.07) is 10.1. The summed E-state index contributed by atoms with van der Waals surface area (Å²) in [4.78, 5) is 12.1. The van der Waals surface area contributed by atoms with Crippen molar-refractivity contribution in [2.45, 2.75) is 48.0 Å². The maximum absolute atomic E-state index is 12.1. The molecule has 0 heterocycles. The number of ether oxygens (including phenoxy) is 2. The predicted octanol–water partition coefficient (Wildman–Crippen LogP) is 5.82. The Bertz CT molecular complexity index is 786. The Hall–Kier alpha value is -2.49. The minimum Gasteiger partial charge on any atom is -0.508 e. The van der Waals surface area contributed by atoms with Gasteiger partial charge in [0.2, 0.25) is 0 Å². The van der Waals surface area contributed by atoms with E-state index in [0.29, 0.717) is 18.8 Å². The fourth-order valence-corrected chi connectivity index (χ4v) is 3.26. The first kappa shape index (κ1) is 22.8. The molecule has 2 rings (SSSR count). The lowest BCUT2D eigenvalue weighted by Gasteiger charge is -2.35. The molecule has 4 nitrogen and oxygen atoms in total.